The van der Waals surface area contributed by atoms with Crippen molar-refractivity contribution in [3.8, 4) is 0 Å². The van der Waals surface area contributed by atoms with Crippen LogP contribution in [0.5, 0.6) is 0 Å². The van der Waals surface area contributed by atoms with Gasteiger partial charge in [-0.1, -0.05) is 35.2 Å². The SMILES string of the molecule is Cc1cc(Nc2nncc(NC3CCCCC3)n2)ccc1Br. The lowest BCUT2D eigenvalue weighted by Gasteiger charge is -2.23. The number of aromatic nitrogens is 3. The predicted octanol–water partition coefficient (Wildman–Crippen LogP) is 4.43. The van der Waals surface area contributed by atoms with E-state index in [-0.39, 0.29) is 0 Å². The molecule has 0 atom stereocenters. The molecule has 2 aromatic rings. The van der Waals surface area contributed by atoms with Gasteiger partial charge in [0.2, 0.25) is 5.95 Å². The standard InChI is InChI=1S/C16H20BrN5/c1-11-9-13(7-8-14(11)17)20-16-21-15(10-18-22-16)19-12-5-3-2-4-6-12/h7-10,12H,2-6H2,1H3,(H2,19,20,21,22). The first-order chi connectivity index (χ1) is 10.7. The number of halogens is 1. The third kappa shape index (κ3) is 3.94. The molecule has 1 fully saturated rings. The van der Waals surface area contributed by atoms with Crippen molar-refractivity contribution < 1.29 is 0 Å². The normalized spacial score (nSPS) is 15.5. The molecule has 1 aliphatic rings. The van der Waals surface area contributed by atoms with Gasteiger partial charge in [-0.3, -0.25) is 0 Å². The smallest absolute Gasteiger partial charge is 0.249 e. The fourth-order valence-corrected chi connectivity index (χ4v) is 2.98. The Morgan fingerprint density at radius 3 is 2.77 bits per heavy atom. The molecule has 2 N–H and O–H groups in total. The van der Waals surface area contributed by atoms with Gasteiger partial charge in [0, 0.05) is 16.2 Å². The molecule has 0 saturated heterocycles. The van der Waals surface area contributed by atoms with Crippen molar-refractivity contribution >= 4 is 33.4 Å². The van der Waals surface area contributed by atoms with E-state index in [2.05, 4.69) is 54.7 Å². The van der Waals surface area contributed by atoms with E-state index < -0.39 is 0 Å². The number of nitrogens with one attached hydrogen (secondary N) is 2. The van der Waals surface area contributed by atoms with Crippen LogP contribution in [0.3, 0.4) is 0 Å². The quantitative estimate of drug-likeness (QED) is 0.843. The molecule has 116 valence electrons. The highest BCUT2D eigenvalue weighted by molar-refractivity contribution is 9.10. The monoisotopic (exact) mass is 361 g/mol. The summed E-state index contributed by atoms with van der Waals surface area (Å²) >= 11 is 3.50. The van der Waals surface area contributed by atoms with Crippen molar-refractivity contribution in [1.82, 2.24) is 15.2 Å². The molecule has 6 heteroatoms. The summed E-state index contributed by atoms with van der Waals surface area (Å²) in [5.74, 6) is 1.31. The van der Waals surface area contributed by atoms with Gasteiger partial charge in [-0.15, -0.1) is 5.10 Å². The van der Waals surface area contributed by atoms with Gasteiger partial charge in [0.05, 0.1) is 6.20 Å². The molecule has 3 rings (SSSR count). The maximum atomic E-state index is 4.51. The largest absolute Gasteiger partial charge is 0.366 e. The van der Waals surface area contributed by atoms with E-state index in [1.54, 1.807) is 6.20 Å². The number of rotatable bonds is 4. The maximum absolute atomic E-state index is 4.51. The zero-order chi connectivity index (χ0) is 15.4. The first-order valence-corrected chi connectivity index (χ1v) is 8.49. The van der Waals surface area contributed by atoms with Crippen LogP contribution in [0.2, 0.25) is 0 Å². The van der Waals surface area contributed by atoms with Gasteiger partial charge in [-0.05, 0) is 43.5 Å². The zero-order valence-electron chi connectivity index (χ0n) is 12.6. The lowest BCUT2D eigenvalue weighted by Crippen LogP contribution is -2.23. The number of nitrogens with zero attached hydrogens (tertiary/aromatic N) is 3. The summed E-state index contributed by atoms with van der Waals surface area (Å²) in [4.78, 5) is 4.51. The van der Waals surface area contributed by atoms with Crippen molar-refractivity contribution in [2.75, 3.05) is 10.6 Å². The summed E-state index contributed by atoms with van der Waals surface area (Å²) in [6, 6.07) is 6.55. The summed E-state index contributed by atoms with van der Waals surface area (Å²) in [7, 11) is 0. The number of aryl methyl sites for hydroxylation is 1. The minimum atomic E-state index is 0.508. The van der Waals surface area contributed by atoms with Gasteiger partial charge >= 0.3 is 0 Å². The van der Waals surface area contributed by atoms with E-state index in [0.29, 0.717) is 12.0 Å². The van der Waals surface area contributed by atoms with Crippen LogP contribution < -0.4 is 10.6 Å². The van der Waals surface area contributed by atoms with E-state index in [1.165, 1.54) is 32.1 Å². The molecule has 1 saturated carbocycles. The number of hydrogen-bond donors (Lipinski definition) is 2. The minimum absolute atomic E-state index is 0.508. The lowest BCUT2D eigenvalue weighted by molar-refractivity contribution is 0.461. The number of hydrogen-bond acceptors (Lipinski definition) is 5. The molecule has 1 aromatic carbocycles. The molecule has 0 unspecified atom stereocenters. The van der Waals surface area contributed by atoms with Crippen LogP contribution in [-0.4, -0.2) is 21.2 Å². The zero-order valence-corrected chi connectivity index (χ0v) is 14.2. The Bertz CT molecular complexity index is 640. The van der Waals surface area contributed by atoms with Crippen molar-refractivity contribution in [2.45, 2.75) is 45.1 Å². The Hall–Kier alpha value is -1.69. The first-order valence-electron chi connectivity index (χ1n) is 7.70. The molecule has 1 aliphatic carbocycles. The van der Waals surface area contributed by atoms with Gasteiger partial charge in [0.1, 0.15) is 0 Å². The molecule has 1 heterocycles. The molecular formula is C16H20BrN5. The Morgan fingerprint density at radius 2 is 2.00 bits per heavy atom. The van der Waals surface area contributed by atoms with E-state index in [0.717, 1.165) is 21.5 Å². The second-order valence-corrected chi connectivity index (χ2v) is 6.59. The fraction of sp³-hybridized carbons (Fsp3) is 0.438. The average molecular weight is 362 g/mol. The van der Waals surface area contributed by atoms with E-state index in [9.17, 15) is 0 Å². The third-order valence-corrected chi connectivity index (χ3v) is 4.82. The van der Waals surface area contributed by atoms with Crippen molar-refractivity contribution in [3.63, 3.8) is 0 Å². The highest BCUT2D eigenvalue weighted by Gasteiger charge is 2.14. The summed E-state index contributed by atoms with van der Waals surface area (Å²) < 4.78 is 1.09. The lowest BCUT2D eigenvalue weighted by atomic mass is 9.96. The van der Waals surface area contributed by atoms with Gasteiger partial charge in [0.25, 0.3) is 0 Å². The van der Waals surface area contributed by atoms with Crippen molar-refractivity contribution in [2.24, 2.45) is 0 Å². The second-order valence-electron chi connectivity index (χ2n) is 5.73. The van der Waals surface area contributed by atoms with Gasteiger partial charge in [0.15, 0.2) is 5.82 Å². The summed E-state index contributed by atoms with van der Waals surface area (Å²) in [5, 5.41) is 14.8. The predicted molar refractivity (Wildman–Crippen MR) is 92.5 cm³/mol. The van der Waals surface area contributed by atoms with Gasteiger partial charge < -0.3 is 10.6 Å². The number of benzene rings is 1. The van der Waals surface area contributed by atoms with Crippen LogP contribution in [-0.2, 0) is 0 Å². The highest BCUT2D eigenvalue weighted by Crippen LogP contribution is 2.23. The van der Waals surface area contributed by atoms with Crippen LogP contribution >= 0.6 is 15.9 Å². The van der Waals surface area contributed by atoms with Gasteiger partial charge in [-0.25, -0.2) is 0 Å². The minimum Gasteiger partial charge on any atom is -0.366 e. The summed E-state index contributed by atoms with van der Waals surface area (Å²) in [6.45, 7) is 2.05. The van der Waals surface area contributed by atoms with Crippen molar-refractivity contribution in [3.05, 3.63) is 34.4 Å². The molecule has 22 heavy (non-hydrogen) atoms. The maximum Gasteiger partial charge on any atom is 0.249 e. The Labute approximate surface area is 139 Å². The highest BCUT2D eigenvalue weighted by atomic mass is 79.9. The molecular weight excluding hydrogens is 342 g/mol. The molecule has 0 radical (unpaired) electrons. The van der Waals surface area contributed by atoms with Crippen LogP contribution in [0, 0.1) is 6.92 Å². The van der Waals surface area contributed by atoms with Crippen LogP contribution in [0.15, 0.2) is 28.9 Å². The van der Waals surface area contributed by atoms with Crippen molar-refractivity contribution in [1.29, 1.82) is 0 Å². The average Bonchev–Trinajstić information content (AvgIpc) is 2.52. The first kappa shape index (κ1) is 15.2. The molecule has 0 spiro atoms. The van der Waals surface area contributed by atoms with E-state index >= 15 is 0 Å². The molecule has 0 bridgehead atoms. The number of anilines is 3. The Morgan fingerprint density at radius 1 is 1.18 bits per heavy atom. The fourth-order valence-electron chi connectivity index (χ4n) is 2.73. The second kappa shape index (κ2) is 7.05. The molecule has 0 aliphatic heterocycles. The van der Waals surface area contributed by atoms with E-state index in [4.69, 9.17) is 0 Å². The third-order valence-electron chi connectivity index (χ3n) is 3.93. The molecule has 1 aromatic heterocycles. The van der Waals surface area contributed by atoms with Gasteiger partial charge in [-0.2, -0.15) is 10.1 Å². The van der Waals surface area contributed by atoms with Crippen LogP contribution in [0.4, 0.5) is 17.5 Å². The molecule has 5 nitrogen and oxygen atoms in total. The van der Waals surface area contributed by atoms with E-state index in [1.807, 2.05) is 12.1 Å². The topological polar surface area (TPSA) is 62.7 Å². The Kier molecular flexibility index (Phi) is 4.87. The summed E-state index contributed by atoms with van der Waals surface area (Å²) in [6.07, 6.45) is 8.03. The van der Waals surface area contributed by atoms with Crippen LogP contribution in [0.25, 0.3) is 0 Å². The summed E-state index contributed by atoms with van der Waals surface area (Å²) in [5.41, 5.74) is 2.12. The Balaban J connectivity index is 1.68. The molecule has 0 amide bonds. The van der Waals surface area contributed by atoms with Crippen LogP contribution in [0.1, 0.15) is 37.7 Å².